The average molecular weight is 425 g/mol. The van der Waals surface area contributed by atoms with Crippen molar-refractivity contribution in [3.05, 3.63) is 40.0 Å². The van der Waals surface area contributed by atoms with Gasteiger partial charge in [-0.05, 0) is 49.6 Å². The van der Waals surface area contributed by atoms with Gasteiger partial charge in [-0.2, -0.15) is 0 Å². The molecule has 3 aromatic rings. The van der Waals surface area contributed by atoms with Crippen molar-refractivity contribution in [1.29, 1.82) is 0 Å². The van der Waals surface area contributed by atoms with E-state index in [9.17, 15) is 0 Å². The van der Waals surface area contributed by atoms with E-state index in [1.165, 1.54) is 28.7 Å². The van der Waals surface area contributed by atoms with Crippen LogP contribution in [0.3, 0.4) is 0 Å². The van der Waals surface area contributed by atoms with Crippen LogP contribution in [0.15, 0.2) is 18.2 Å². The molecule has 0 bridgehead atoms. The molecule has 1 aromatic carbocycles. The van der Waals surface area contributed by atoms with Crippen LogP contribution in [0.1, 0.15) is 28.2 Å². The summed E-state index contributed by atoms with van der Waals surface area (Å²) in [5, 5.41) is 1.31. The summed E-state index contributed by atoms with van der Waals surface area (Å²) in [6.45, 7) is 4.18. The van der Waals surface area contributed by atoms with Crippen LogP contribution in [0.2, 0.25) is 0 Å². The molecule has 5 rings (SSSR count). The fraction of sp³-hybridized carbons (Fsp3) is 0.478. The standard InChI is InChI=1S/C23H28N4O2S/c1-26-9-11-27(12-10-26)22-21-16-5-4-6-19(16)30-23(21)25-20(24-22)14-15-7-8-17(28-2)18(13-15)29-3/h7-8,13H,4-6,9-12,14H2,1-3H3. The molecule has 0 atom stereocenters. The van der Waals surface area contributed by atoms with E-state index in [0.717, 1.165) is 66.1 Å². The van der Waals surface area contributed by atoms with Crippen LogP contribution in [0, 0.1) is 0 Å². The summed E-state index contributed by atoms with van der Waals surface area (Å²) in [6, 6.07) is 6.04. The van der Waals surface area contributed by atoms with Gasteiger partial charge < -0.3 is 19.3 Å². The van der Waals surface area contributed by atoms with Gasteiger partial charge in [-0.15, -0.1) is 11.3 Å². The first-order valence-electron chi connectivity index (χ1n) is 10.6. The van der Waals surface area contributed by atoms with Gasteiger partial charge in [-0.3, -0.25) is 0 Å². The highest BCUT2D eigenvalue weighted by Crippen LogP contribution is 2.41. The Morgan fingerprint density at radius 1 is 1.00 bits per heavy atom. The Labute approximate surface area is 181 Å². The lowest BCUT2D eigenvalue weighted by molar-refractivity contribution is 0.312. The Morgan fingerprint density at radius 2 is 1.80 bits per heavy atom. The fourth-order valence-corrected chi connectivity index (χ4v) is 5.79. The quantitative estimate of drug-likeness (QED) is 0.625. The molecule has 7 heteroatoms. The Bertz CT molecular complexity index is 1070. The lowest BCUT2D eigenvalue weighted by Crippen LogP contribution is -2.45. The maximum absolute atomic E-state index is 5.48. The first kappa shape index (κ1) is 19.6. The van der Waals surface area contributed by atoms with E-state index in [0.29, 0.717) is 6.42 Å². The molecule has 0 N–H and O–H groups in total. The molecular weight excluding hydrogens is 396 g/mol. The summed E-state index contributed by atoms with van der Waals surface area (Å²) in [7, 11) is 5.52. The first-order chi connectivity index (χ1) is 14.7. The number of nitrogens with zero attached hydrogens (tertiary/aromatic N) is 4. The molecule has 6 nitrogen and oxygen atoms in total. The predicted molar refractivity (Wildman–Crippen MR) is 122 cm³/mol. The second kappa shape index (κ2) is 8.04. The zero-order valence-electron chi connectivity index (χ0n) is 17.9. The lowest BCUT2D eigenvalue weighted by atomic mass is 10.1. The monoisotopic (exact) mass is 424 g/mol. The number of ether oxygens (including phenoxy) is 2. The maximum Gasteiger partial charge on any atom is 0.161 e. The summed E-state index contributed by atoms with van der Waals surface area (Å²) in [6.07, 6.45) is 4.28. The van der Waals surface area contributed by atoms with E-state index >= 15 is 0 Å². The number of hydrogen-bond acceptors (Lipinski definition) is 7. The Morgan fingerprint density at radius 3 is 2.57 bits per heavy atom. The highest BCUT2D eigenvalue weighted by molar-refractivity contribution is 7.19. The van der Waals surface area contributed by atoms with Crippen molar-refractivity contribution < 1.29 is 9.47 Å². The van der Waals surface area contributed by atoms with Crippen molar-refractivity contribution in [2.45, 2.75) is 25.7 Å². The van der Waals surface area contributed by atoms with Crippen LogP contribution in [0.4, 0.5) is 5.82 Å². The van der Waals surface area contributed by atoms with Crippen LogP contribution >= 0.6 is 11.3 Å². The number of rotatable bonds is 5. The van der Waals surface area contributed by atoms with Crippen molar-refractivity contribution in [3.8, 4) is 11.5 Å². The molecule has 1 fully saturated rings. The number of thiophene rings is 1. The van der Waals surface area contributed by atoms with Crippen LogP contribution < -0.4 is 14.4 Å². The van der Waals surface area contributed by atoms with Crippen LogP contribution in [-0.2, 0) is 19.3 Å². The minimum absolute atomic E-state index is 0.680. The molecule has 158 valence electrons. The Kier molecular flexibility index (Phi) is 5.25. The molecule has 0 saturated carbocycles. The highest BCUT2D eigenvalue weighted by Gasteiger charge is 2.26. The molecule has 0 unspecified atom stereocenters. The minimum atomic E-state index is 0.680. The third-order valence-corrected chi connectivity index (χ3v) is 7.39. The number of likely N-dealkylation sites (N-methyl/N-ethyl adjacent to an activating group) is 1. The van der Waals surface area contributed by atoms with Gasteiger partial charge in [-0.1, -0.05) is 6.07 Å². The number of piperazine rings is 1. The molecule has 1 saturated heterocycles. The maximum atomic E-state index is 5.48. The average Bonchev–Trinajstić information content (AvgIpc) is 3.34. The van der Waals surface area contributed by atoms with Gasteiger partial charge in [-0.25, -0.2) is 9.97 Å². The zero-order chi connectivity index (χ0) is 20.7. The summed E-state index contributed by atoms with van der Waals surface area (Å²) in [4.78, 5) is 17.6. The van der Waals surface area contributed by atoms with E-state index in [-0.39, 0.29) is 0 Å². The zero-order valence-corrected chi connectivity index (χ0v) is 18.7. The van der Waals surface area contributed by atoms with Crippen molar-refractivity contribution in [1.82, 2.24) is 14.9 Å². The van der Waals surface area contributed by atoms with Crippen molar-refractivity contribution >= 4 is 27.4 Å². The summed E-state index contributed by atoms with van der Waals surface area (Å²) in [5.41, 5.74) is 2.63. The van der Waals surface area contributed by atoms with E-state index < -0.39 is 0 Å². The Balaban J connectivity index is 1.55. The van der Waals surface area contributed by atoms with Gasteiger partial charge in [0.1, 0.15) is 16.5 Å². The normalized spacial score (nSPS) is 16.8. The largest absolute Gasteiger partial charge is 0.493 e. The molecule has 1 aliphatic carbocycles. The molecule has 2 aromatic heterocycles. The van der Waals surface area contributed by atoms with Gasteiger partial charge in [0.05, 0.1) is 19.6 Å². The molecule has 2 aliphatic rings. The number of fused-ring (bicyclic) bond motifs is 3. The van der Waals surface area contributed by atoms with Crippen molar-refractivity contribution in [2.75, 3.05) is 52.3 Å². The molecule has 0 spiro atoms. The summed E-state index contributed by atoms with van der Waals surface area (Å²) >= 11 is 1.87. The van der Waals surface area contributed by atoms with Gasteiger partial charge in [0, 0.05) is 37.5 Å². The molecule has 0 amide bonds. The molecule has 30 heavy (non-hydrogen) atoms. The number of anilines is 1. The number of aromatic nitrogens is 2. The number of benzene rings is 1. The van der Waals surface area contributed by atoms with E-state index in [1.54, 1.807) is 14.2 Å². The van der Waals surface area contributed by atoms with Crippen LogP contribution in [0.25, 0.3) is 10.2 Å². The second-order valence-corrected chi connectivity index (χ2v) is 9.24. The van der Waals surface area contributed by atoms with Gasteiger partial charge >= 0.3 is 0 Å². The van der Waals surface area contributed by atoms with E-state index in [1.807, 2.05) is 23.5 Å². The fourth-order valence-electron chi connectivity index (χ4n) is 4.52. The van der Waals surface area contributed by atoms with Crippen LogP contribution in [0.5, 0.6) is 11.5 Å². The lowest BCUT2D eigenvalue weighted by Gasteiger charge is -2.33. The molecular formula is C23H28N4O2S. The first-order valence-corrected chi connectivity index (χ1v) is 11.4. The van der Waals surface area contributed by atoms with Crippen LogP contribution in [-0.4, -0.2) is 62.3 Å². The summed E-state index contributed by atoms with van der Waals surface area (Å²) in [5.74, 6) is 3.50. The summed E-state index contributed by atoms with van der Waals surface area (Å²) < 4.78 is 10.9. The number of aryl methyl sites for hydroxylation is 2. The highest BCUT2D eigenvalue weighted by atomic mass is 32.1. The Hall–Kier alpha value is -2.38. The minimum Gasteiger partial charge on any atom is -0.493 e. The van der Waals surface area contributed by atoms with E-state index in [4.69, 9.17) is 19.4 Å². The third kappa shape index (κ3) is 3.50. The van der Waals surface area contributed by atoms with Gasteiger partial charge in [0.15, 0.2) is 11.5 Å². The molecule has 1 aliphatic heterocycles. The number of hydrogen-bond donors (Lipinski definition) is 0. The van der Waals surface area contributed by atoms with Crippen molar-refractivity contribution in [2.24, 2.45) is 0 Å². The second-order valence-electron chi connectivity index (χ2n) is 8.16. The predicted octanol–water partition coefficient (Wildman–Crippen LogP) is 3.54. The van der Waals surface area contributed by atoms with Gasteiger partial charge in [0.25, 0.3) is 0 Å². The smallest absolute Gasteiger partial charge is 0.161 e. The van der Waals surface area contributed by atoms with Crippen molar-refractivity contribution in [3.63, 3.8) is 0 Å². The topological polar surface area (TPSA) is 50.7 Å². The molecule has 3 heterocycles. The molecule has 0 radical (unpaired) electrons. The third-order valence-electron chi connectivity index (χ3n) is 6.20. The number of methoxy groups -OCH3 is 2. The van der Waals surface area contributed by atoms with Gasteiger partial charge in [0.2, 0.25) is 0 Å². The van der Waals surface area contributed by atoms with E-state index in [2.05, 4.69) is 22.9 Å². The SMILES string of the molecule is COc1ccc(Cc2nc(N3CCN(C)CC3)c3c4c(sc3n2)CCC4)cc1OC.